The zero-order valence-corrected chi connectivity index (χ0v) is 23.4. The van der Waals surface area contributed by atoms with Gasteiger partial charge in [-0.15, -0.1) is 0 Å². The second kappa shape index (κ2) is 9.94. The maximum atomic E-state index is 14.8. The first kappa shape index (κ1) is 26.6. The molecule has 3 aliphatic heterocycles. The van der Waals surface area contributed by atoms with Crippen molar-refractivity contribution in [3.63, 3.8) is 0 Å². The molecule has 43 heavy (non-hydrogen) atoms. The third-order valence-electron chi connectivity index (χ3n) is 8.92. The quantitative estimate of drug-likeness (QED) is 0.292. The minimum atomic E-state index is -1.48. The Labute approximate surface area is 247 Å². The SMILES string of the molecule is COc1ccc(C(=O)[C@@H]2[C@H](C(=O)c3ccc(F)cc3)[C@@]3(C(=O)Nc4ccccc43)[C@H]3c4ccccc4C=CN23)c(OC)c1. The summed E-state index contributed by atoms with van der Waals surface area (Å²) in [4.78, 5) is 45.9. The highest BCUT2D eigenvalue weighted by atomic mass is 19.1. The van der Waals surface area contributed by atoms with Crippen molar-refractivity contribution in [3.05, 3.63) is 131 Å². The number of hydrogen-bond donors (Lipinski definition) is 1. The van der Waals surface area contributed by atoms with Crippen molar-refractivity contribution in [2.75, 3.05) is 19.5 Å². The minimum absolute atomic E-state index is 0.208. The summed E-state index contributed by atoms with van der Waals surface area (Å²) >= 11 is 0. The Kier molecular flexibility index (Phi) is 6.16. The molecule has 1 N–H and O–H groups in total. The van der Waals surface area contributed by atoms with Crippen LogP contribution < -0.4 is 14.8 Å². The number of ketones is 2. The van der Waals surface area contributed by atoms with Gasteiger partial charge in [0.1, 0.15) is 28.8 Å². The molecular formula is C35H27FN2O5. The van der Waals surface area contributed by atoms with Gasteiger partial charge in [-0.2, -0.15) is 0 Å². The van der Waals surface area contributed by atoms with Crippen LogP contribution in [0.5, 0.6) is 11.5 Å². The molecule has 0 saturated carbocycles. The van der Waals surface area contributed by atoms with Crippen molar-refractivity contribution in [1.29, 1.82) is 0 Å². The Morgan fingerprint density at radius 3 is 2.40 bits per heavy atom. The summed E-state index contributed by atoms with van der Waals surface area (Å²) in [5, 5.41) is 3.02. The van der Waals surface area contributed by atoms with E-state index in [1.807, 2.05) is 53.4 Å². The van der Waals surface area contributed by atoms with Crippen LogP contribution in [0.2, 0.25) is 0 Å². The van der Waals surface area contributed by atoms with Gasteiger partial charge < -0.3 is 19.7 Å². The van der Waals surface area contributed by atoms with E-state index in [0.29, 0.717) is 17.0 Å². The van der Waals surface area contributed by atoms with E-state index in [-0.39, 0.29) is 28.6 Å². The van der Waals surface area contributed by atoms with Crippen LogP contribution in [0, 0.1) is 11.7 Å². The average molecular weight is 575 g/mol. The molecule has 0 aliphatic carbocycles. The summed E-state index contributed by atoms with van der Waals surface area (Å²) in [5.74, 6) is -2.07. The Bertz CT molecular complexity index is 1830. The number of nitrogens with one attached hydrogen (secondary N) is 1. The molecule has 1 fully saturated rings. The number of carbonyl (C=O) groups is 3. The third kappa shape index (κ3) is 3.75. The standard InChI is InChI=1S/C35H27FN2O5/c1-42-23-15-16-25(28(19-23)43-2)32(40)30-29(31(39)21-11-13-22(36)14-12-21)35(26-9-5-6-10-27(26)37-34(35)41)33-24-8-4-3-7-20(24)17-18-38(30)33/h3-19,29-30,33H,1-2H3,(H,37,41)/t29-,30+,33-,35-/m1/s1. The number of rotatable bonds is 6. The Morgan fingerprint density at radius 2 is 1.63 bits per heavy atom. The molecule has 1 saturated heterocycles. The highest BCUT2D eigenvalue weighted by Crippen LogP contribution is 2.62. The van der Waals surface area contributed by atoms with Crippen LogP contribution in [0.15, 0.2) is 97.2 Å². The number of benzene rings is 4. The number of carbonyl (C=O) groups excluding carboxylic acids is 3. The van der Waals surface area contributed by atoms with Gasteiger partial charge in [-0.1, -0.05) is 42.5 Å². The topological polar surface area (TPSA) is 84.9 Å². The summed E-state index contributed by atoms with van der Waals surface area (Å²) in [6.07, 6.45) is 3.70. The van der Waals surface area contributed by atoms with Gasteiger partial charge in [0.25, 0.3) is 0 Å². The number of fused-ring (bicyclic) bond motifs is 6. The van der Waals surface area contributed by atoms with Gasteiger partial charge in [0.05, 0.1) is 31.7 Å². The molecule has 4 aromatic rings. The molecule has 7 rings (SSSR count). The zero-order chi connectivity index (χ0) is 29.9. The van der Waals surface area contributed by atoms with E-state index in [1.165, 1.54) is 38.5 Å². The summed E-state index contributed by atoms with van der Waals surface area (Å²) in [6, 6.07) is 23.3. The molecule has 1 amide bonds. The van der Waals surface area contributed by atoms with Crippen LogP contribution in [-0.2, 0) is 10.2 Å². The molecule has 0 bridgehead atoms. The van der Waals surface area contributed by atoms with Crippen molar-refractivity contribution < 1.29 is 28.2 Å². The lowest BCUT2D eigenvalue weighted by Crippen LogP contribution is -2.49. The zero-order valence-electron chi connectivity index (χ0n) is 23.4. The van der Waals surface area contributed by atoms with Gasteiger partial charge in [-0.25, -0.2) is 4.39 Å². The minimum Gasteiger partial charge on any atom is -0.497 e. The lowest BCUT2D eigenvalue weighted by atomic mass is 9.62. The van der Waals surface area contributed by atoms with E-state index in [4.69, 9.17) is 9.47 Å². The smallest absolute Gasteiger partial charge is 0.238 e. The molecule has 3 heterocycles. The van der Waals surface area contributed by atoms with Crippen molar-refractivity contribution >= 4 is 29.2 Å². The number of methoxy groups -OCH3 is 2. The maximum Gasteiger partial charge on any atom is 0.238 e. The van der Waals surface area contributed by atoms with Crippen LogP contribution in [0.4, 0.5) is 10.1 Å². The van der Waals surface area contributed by atoms with E-state index in [2.05, 4.69) is 5.32 Å². The number of para-hydroxylation sites is 1. The van der Waals surface area contributed by atoms with Gasteiger partial charge in [0.2, 0.25) is 5.91 Å². The molecule has 4 aromatic carbocycles. The summed E-state index contributed by atoms with van der Waals surface area (Å²) < 4.78 is 24.9. The fourth-order valence-electron chi connectivity index (χ4n) is 7.12. The second-order valence-corrected chi connectivity index (χ2v) is 10.9. The van der Waals surface area contributed by atoms with Crippen molar-refractivity contribution in [3.8, 4) is 11.5 Å². The largest absolute Gasteiger partial charge is 0.497 e. The summed E-state index contributed by atoms with van der Waals surface area (Å²) in [6.45, 7) is 0. The van der Waals surface area contributed by atoms with Gasteiger partial charge in [-0.3, -0.25) is 14.4 Å². The van der Waals surface area contributed by atoms with Crippen molar-refractivity contribution in [2.24, 2.45) is 5.92 Å². The Morgan fingerprint density at radius 1 is 0.884 bits per heavy atom. The predicted octanol–water partition coefficient (Wildman–Crippen LogP) is 5.82. The molecule has 8 heteroatoms. The van der Waals surface area contributed by atoms with Gasteiger partial charge in [-0.05, 0) is 65.2 Å². The van der Waals surface area contributed by atoms with Gasteiger partial charge >= 0.3 is 0 Å². The highest BCUT2D eigenvalue weighted by molar-refractivity contribution is 6.17. The summed E-state index contributed by atoms with van der Waals surface area (Å²) in [7, 11) is 2.98. The lowest BCUT2D eigenvalue weighted by Gasteiger charge is -2.38. The Hall–Kier alpha value is -5.24. The molecule has 1 spiro atoms. The normalized spacial score (nSPS) is 22.9. The first-order valence-corrected chi connectivity index (χ1v) is 13.9. The molecule has 4 atom stereocenters. The molecule has 3 aliphatic rings. The summed E-state index contributed by atoms with van der Waals surface area (Å²) in [5.41, 5.74) is 1.92. The average Bonchev–Trinajstić information content (AvgIpc) is 3.52. The number of hydrogen-bond acceptors (Lipinski definition) is 6. The maximum absolute atomic E-state index is 14.8. The fraction of sp³-hybridized carbons (Fsp3) is 0.171. The second-order valence-electron chi connectivity index (χ2n) is 10.9. The third-order valence-corrected chi connectivity index (χ3v) is 8.92. The Balaban J connectivity index is 1.53. The van der Waals surface area contributed by atoms with E-state index >= 15 is 0 Å². The molecule has 0 aromatic heterocycles. The van der Waals surface area contributed by atoms with Crippen molar-refractivity contribution in [1.82, 2.24) is 4.90 Å². The molecule has 0 unspecified atom stereocenters. The number of ether oxygens (including phenoxy) is 2. The first-order valence-electron chi connectivity index (χ1n) is 13.9. The number of Topliss-reactive ketones (excluding diaryl/α,β-unsaturated/α-hetero) is 2. The predicted molar refractivity (Wildman–Crippen MR) is 159 cm³/mol. The van der Waals surface area contributed by atoms with Gasteiger partial charge in [0, 0.05) is 23.5 Å². The number of anilines is 1. The molecule has 0 radical (unpaired) electrons. The van der Waals surface area contributed by atoms with Crippen LogP contribution in [0.3, 0.4) is 0 Å². The number of nitrogens with zero attached hydrogens (tertiary/aromatic N) is 1. The van der Waals surface area contributed by atoms with E-state index < -0.39 is 35.0 Å². The lowest BCUT2D eigenvalue weighted by molar-refractivity contribution is -0.122. The monoisotopic (exact) mass is 574 g/mol. The van der Waals surface area contributed by atoms with Crippen LogP contribution >= 0.6 is 0 Å². The number of amides is 1. The molecule has 214 valence electrons. The van der Waals surface area contributed by atoms with Gasteiger partial charge in [0.15, 0.2) is 11.6 Å². The number of halogens is 1. The van der Waals surface area contributed by atoms with Crippen LogP contribution in [-0.4, -0.2) is 42.6 Å². The van der Waals surface area contributed by atoms with E-state index in [0.717, 1.165) is 11.1 Å². The molecular weight excluding hydrogens is 547 g/mol. The van der Waals surface area contributed by atoms with Crippen LogP contribution in [0.1, 0.15) is 43.4 Å². The van der Waals surface area contributed by atoms with Crippen LogP contribution in [0.25, 0.3) is 6.08 Å². The highest BCUT2D eigenvalue weighted by Gasteiger charge is 2.70. The van der Waals surface area contributed by atoms with E-state index in [9.17, 15) is 18.8 Å². The van der Waals surface area contributed by atoms with Crippen molar-refractivity contribution in [2.45, 2.75) is 17.5 Å². The van der Waals surface area contributed by atoms with E-state index in [1.54, 1.807) is 30.5 Å². The molecule has 7 nitrogen and oxygen atoms in total. The first-order chi connectivity index (χ1) is 20.9. The fourth-order valence-corrected chi connectivity index (χ4v) is 7.12.